The van der Waals surface area contributed by atoms with E-state index in [9.17, 15) is 14.9 Å². The van der Waals surface area contributed by atoms with Crippen LogP contribution in [-0.2, 0) is 17.0 Å². The lowest BCUT2D eigenvalue weighted by Crippen LogP contribution is -2.08. The Morgan fingerprint density at radius 3 is 2.73 bits per heavy atom. The topological polar surface area (TPSA) is 94.0 Å². The average molecular weight is 382 g/mol. The summed E-state index contributed by atoms with van der Waals surface area (Å²) in [6.45, 7) is 0. The van der Waals surface area contributed by atoms with Crippen molar-refractivity contribution in [1.29, 1.82) is 5.26 Å². The molecule has 2 N–H and O–H groups in total. The van der Waals surface area contributed by atoms with Crippen molar-refractivity contribution >= 4 is 29.1 Å². The molecule has 2 aromatic heterocycles. The predicted molar refractivity (Wildman–Crippen MR) is 102 cm³/mol. The highest BCUT2D eigenvalue weighted by Gasteiger charge is 2.14. The van der Waals surface area contributed by atoms with Gasteiger partial charge >= 0.3 is 5.97 Å². The standard InChI is InChI=1S/C19H14N2O3S2/c20-10-15-14(16-5-2-6-25-16)9-17(22)21-19(15)26-11-13-4-1-3-12(7-13)8-18(23)24/h1-7,9H,8,11H2,(H,21,22)(H,23,24). The number of aliphatic carboxylic acids is 1. The summed E-state index contributed by atoms with van der Waals surface area (Å²) < 4.78 is 0. The first-order chi connectivity index (χ1) is 12.6. The Hall–Kier alpha value is -2.82. The number of carboxylic acid groups (broad SMARTS) is 1. The zero-order chi connectivity index (χ0) is 18.5. The average Bonchev–Trinajstić information content (AvgIpc) is 3.13. The van der Waals surface area contributed by atoms with E-state index in [1.54, 1.807) is 6.07 Å². The van der Waals surface area contributed by atoms with Crippen LogP contribution in [0.4, 0.5) is 0 Å². The number of carboxylic acids is 1. The van der Waals surface area contributed by atoms with E-state index in [-0.39, 0.29) is 12.0 Å². The molecule has 0 aliphatic heterocycles. The van der Waals surface area contributed by atoms with Crippen molar-refractivity contribution in [3.63, 3.8) is 0 Å². The smallest absolute Gasteiger partial charge is 0.307 e. The highest BCUT2D eigenvalue weighted by Crippen LogP contribution is 2.32. The number of hydrogen-bond donors (Lipinski definition) is 2. The third-order valence-corrected chi connectivity index (χ3v) is 5.61. The number of aromatic nitrogens is 1. The lowest BCUT2D eigenvalue weighted by molar-refractivity contribution is -0.136. The Morgan fingerprint density at radius 1 is 1.23 bits per heavy atom. The maximum absolute atomic E-state index is 12.0. The number of H-pyrrole nitrogens is 1. The molecule has 1 aromatic carbocycles. The summed E-state index contributed by atoms with van der Waals surface area (Å²) in [5.41, 5.74) is 2.47. The van der Waals surface area contributed by atoms with Gasteiger partial charge in [0.2, 0.25) is 5.56 Å². The van der Waals surface area contributed by atoms with Gasteiger partial charge in [0.05, 0.1) is 17.0 Å². The van der Waals surface area contributed by atoms with Gasteiger partial charge in [-0.1, -0.05) is 30.3 Å². The monoisotopic (exact) mass is 382 g/mol. The lowest BCUT2D eigenvalue weighted by Gasteiger charge is -2.08. The lowest BCUT2D eigenvalue weighted by atomic mass is 10.1. The third-order valence-electron chi connectivity index (χ3n) is 3.64. The summed E-state index contributed by atoms with van der Waals surface area (Å²) >= 11 is 2.83. The van der Waals surface area contributed by atoms with Gasteiger partial charge in [-0.25, -0.2) is 0 Å². The molecule has 0 bridgehead atoms. The first-order valence-corrected chi connectivity index (χ1v) is 9.57. The summed E-state index contributed by atoms with van der Waals surface area (Å²) in [7, 11) is 0. The number of pyridine rings is 1. The van der Waals surface area contributed by atoms with Crippen LogP contribution in [-0.4, -0.2) is 16.1 Å². The molecule has 0 fully saturated rings. The van der Waals surface area contributed by atoms with Crippen LogP contribution in [0.2, 0.25) is 0 Å². The molecule has 0 saturated carbocycles. The SMILES string of the molecule is N#Cc1c(-c2cccs2)cc(=O)[nH]c1SCc1cccc(CC(=O)O)c1. The van der Waals surface area contributed by atoms with Crippen LogP contribution in [0.15, 0.2) is 57.7 Å². The maximum atomic E-state index is 12.0. The van der Waals surface area contributed by atoms with E-state index in [1.165, 1.54) is 29.2 Å². The van der Waals surface area contributed by atoms with Crippen molar-refractivity contribution in [3.05, 3.63) is 74.9 Å². The predicted octanol–water partition coefficient (Wildman–Crippen LogP) is 3.89. The first-order valence-electron chi connectivity index (χ1n) is 7.70. The normalized spacial score (nSPS) is 10.4. The number of nitrogens with one attached hydrogen (secondary N) is 1. The second-order valence-electron chi connectivity index (χ2n) is 5.52. The van der Waals surface area contributed by atoms with Crippen LogP contribution >= 0.6 is 23.1 Å². The highest BCUT2D eigenvalue weighted by molar-refractivity contribution is 7.98. The van der Waals surface area contributed by atoms with Gasteiger partial charge in [0, 0.05) is 22.3 Å². The number of carbonyl (C=O) groups is 1. The molecule has 0 radical (unpaired) electrons. The molecule has 0 saturated heterocycles. The number of hydrogen-bond acceptors (Lipinski definition) is 5. The number of aromatic amines is 1. The van der Waals surface area contributed by atoms with Crippen LogP contribution in [0.25, 0.3) is 10.4 Å². The van der Waals surface area contributed by atoms with E-state index >= 15 is 0 Å². The van der Waals surface area contributed by atoms with Crippen LogP contribution in [0.3, 0.4) is 0 Å². The highest BCUT2D eigenvalue weighted by atomic mass is 32.2. The van der Waals surface area contributed by atoms with Gasteiger partial charge in [0.15, 0.2) is 0 Å². The summed E-state index contributed by atoms with van der Waals surface area (Å²) in [5, 5.41) is 20.9. The quantitative estimate of drug-likeness (QED) is 0.631. The van der Waals surface area contributed by atoms with Gasteiger partial charge < -0.3 is 10.1 Å². The Kier molecular flexibility index (Phi) is 5.56. The molecule has 0 spiro atoms. The second kappa shape index (κ2) is 8.04. The molecule has 0 atom stereocenters. The molecular weight excluding hydrogens is 368 g/mol. The molecule has 5 nitrogen and oxygen atoms in total. The Labute approximate surface area is 157 Å². The Morgan fingerprint density at radius 2 is 2.04 bits per heavy atom. The largest absolute Gasteiger partial charge is 0.481 e. The molecule has 3 rings (SSSR count). The van der Waals surface area contributed by atoms with Crippen molar-refractivity contribution in [2.45, 2.75) is 17.2 Å². The van der Waals surface area contributed by atoms with E-state index in [1.807, 2.05) is 35.7 Å². The molecule has 3 aromatic rings. The van der Waals surface area contributed by atoms with Gasteiger partial charge in [-0.05, 0) is 22.6 Å². The van der Waals surface area contributed by atoms with E-state index in [4.69, 9.17) is 5.11 Å². The number of rotatable bonds is 6. The molecule has 26 heavy (non-hydrogen) atoms. The number of thioether (sulfide) groups is 1. The summed E-state index contributed by atoms with van der Waals surface area (Å²) in [5.74, 6) is -0.360. The van der Waals surface area contributed by atoms with Gasteiger partial charge in [-0.3, -0.25) is 9.59 Å². The molecule has 130 valence electrons. The van der Waals surface area contributed by atoms with Crippen LogP contribution in [0.1, 0.15) is 16.7 Å². The molecule has 0 amide bonds. The number of benzene rings is 1. The van der Waals surface area contributed by atoms with Crippen molar-refractivity contribution in [2.75, 3.05) is 0 Å². The summed E-state index contributed by atoms with van der Waals surface area (Å²) in [4.78, 5) is 26.5. The van der Waals surface area contributed by atoms with E-state index in [0.29, 0.717) is 21.9 Å². The zero-order valence-electron chi connectivity index (χ0n) is 13.6. The minimum atomic E-state index is -0.880. The number of thiophene rings is 1. The van der Waals surface area contributed by atoms with Gasteiger partial charge in [-0.15, -0.1) is 23.1 Å². The van der Waals surface area contributed by atoms with Crippen LogP contribution < -0.4 is 5.56 Å². The third kappa shape index (κ3) is 4.23. The number of nitriles is 1. The van der Waals surface area contributed by atoms with Crippen molar-refractivity contribution in [3.8, 4) is 16.5 Å². The van der Waals surface area contributed by atoms with Crippen molar-refractivity contribution < 1.29 is 9.90 Å². The van der Waals surface area contributed by atoms with Crippen LogP contribution in [0, 0.1) is 11.3 Å². The Balaban J connectivity index is 1.88. The van der Waals surface area contributed by atoms with Crippen molar-refractivity contribution in [2.24, 2.45) is 0 Å². The van der Waals surface area contributed by atoms with Gasteiger partial charge in [0.25, 0.3) is 0 Å². The minimum absolute atomic E-state index is 0.0351. The zero-order valence-corrected chi connectivity index (χ0v) is 15.2. The van der Waals surface area contributed by atoms with E-state index in [0.717, 1.165) is 16.0 Å². The molecule has 7 heteroatoms. The molecule has 2 heterocycles. The molecule has 0 unspecified atom stereocenters. The van der Waals surface area contributed by atoms with Crippen molar-refractivity contribution in [1.82, 2.24) is 4.98 Å². The maximum Gasteiger partial charge on any atom is 0.307 e. The second-order valence-corrected chi connectivity index (χ2v) is 7.45. The fourth-order valence-corrected chi connectivity index (χ4v) is 4.25. The van der Waals surface area contributed by atoms with Crippen LogP contribution in [0.5, 0.6) is 0 Å². The number of nitrogens with zero attached hydrogens (tertiary/aromatic N) is 1. The molecular formula is C19H14N2O3S2. The van der Waals surface area contributed by atoms with E-state index in [2.05, 4.69) is 11.1 Å². The fourth-order valence-electron chi connectivity index (χ4n) is 2.54. The van der Waals surface area contributed by atoms with E-state index < -0.39 is 5.97 Å². The Bertz CT molecular complexity index is 1030. The fraction of sp³-hybridized carbons (Fsp3) is 0.105. The summed E-state index contributed by atoms with van der Waals surface area (Å²) in [6.07, 6.45) is -0.0351. The first kappa shape index (κ1) is 18.0. The summed E-state index contributed by atoms with van der Waals surface area (Å²) in [6, 6.07) is 14.7. The molecule has 0 aliphatic rings. The van der Waals surface area contributed by atoms with Gasteiger partial charge in [-0.2, -0.15) is 5.26 Å². The van der Waals surface area contributed by atoms with Gasteiger partial charge in [0.1, 0.15) is 6.07 Å². The minimum Gasteiger partial charge on any atom is -0.481 e. The molecule has 0 aliphatic carbocycles.